The first-order valence-electron chi connectivity index (χ1n) is 6.51. The van der Waals surface area contributed by atoms with Crippen LogP contribution in [-0.2, 0) is 12.2 Å². The molecule has 0 spiro atoms. The Labute approximate surface area is 118 Å². The predicted octanol–water partition coefficient (Wildman–Crippen LogP) is 3.66. The normalized spacial score (nSPS) is 10.7. The van der Waals surface area contributed by atoms with E-state index >= 15 is 0 Å². The van der Waals surface area contributed by atoms with Gasteiger partial charge in [-0.15, -0.1) is 0 Å². The molecule has 4 nitrogen and oxygen atoms in total. The molecule has 2 aromatic rings. The molecule has 1 N–H and O–H groups in total. The van der Waals surface area contributed by atoms with Gasteiger partial charge < -0.3 is 9.73 Å². The summed E-state index contributed by atoms with van der Waals surface area (Å²) in [7, 11) is 0. The maximum Gasteiger partial charge on any atom is 0.133 e. The summed E-state index contributed by atoms with van der Waals surface area (Å²) >= 11 is 1.69. The zero-order chi connectivity index (χ0) is 13.7. The predicted molar refractivity (Wildman–Crippen MR) is 78.6 cm³/mol. The van der Waals surface area contributed by atoms with Crippen molar-refractivity contribution in [1.82, 2.24) is 9.97 Å². The minimum absolute atomic E-state index is 0.791. The number of hydrogen-bond donors (Lipinski definition) is 1. The van der Waals surface area contributed by atoms with Gasteiger partial charge in [0.2, 0.25) is 0 Å². The Balaban J connectivity index is 2.20. The molecule has 0 saturated heterocycles. The number of nitrogens with zero attached hydrogens (tertiary/aromatic N) is 2. The fraction of sp³-hybridized carbons (Fsp3) is 0.429. The van der Waals surface area contributed by atoms with Crippen LogP contribution in [0.4, 0.5) is 5.82 Å². The lowest BCUT2D eigenvalue weighted by Gasteiger charge is -2.12. The van der Waals surface area contributed by atoms with Crippen molar-refractivity contribution in [2.75, 3.05) is 11.9 Å². The van der Waals surface area contributed by atoms with Gasteiger partial charge in [-0.25, -0.2) is 9.97 Å². The van der Waals surface area contributed by atoms with Gasteiger partial charge >= 0.3 is 0 Å². The third-order valence-electron chi connectivity index (χ3n) is 2.74. The van der Waals surface area contributed by atoms with Gasteiger partial charge in [0.1, 0.15) is 22.4 Å². The molecule has 2 heterocycles. The number of hydrogen-bond acceptors (Lipinski definition) is 5. The van der Waals surface area contributed by atoms with Crippen LogP contribution in [0.5, 0.6) is 0 Å². The van der Waals surface area contributed by atoms with Crippen LogP contribution in [0.3, 0.4) is 0 Å². The Hall–Kier alpha value is -1.49. The molecule has 0 bridgehead atoms. The van der Waals surface area contributed by atoms with Gasteiger partial charge in [-0.1, -0.05) is 18.7 Å². The van der Waals surface area contributed by atoms with Crippen molar-refractivity contribution < 1.29 is 4.42 Å². The maximum absolute atomic E-state index is 5.35. The molecule has 2 aromatic heterocycles. The first-order valence-corrected chi connectivity index (χ1v) is 7.49. The van der Waals surface area contributed by atoms with Crippen molar-refractivity contribution in [2.24, 2.45) is 0 Å². The Kier molecular flexibility index (Phi) is 4.85. The molecular weight excluding hydrogens is 258 g/mol. The Morgan fingerprint density at radius 2 is 2.16 bits per heavy atom. The molecule has 5 heteroatoms. The highest BCUT2D eigenvalue weighted by Gasteiger charge is 2.11. The summed E-state index contributed by atoms with van der Waals surface area (Å²) in [5.41, 5.74) is 1.11. The lowest BCUT2D eigenvalue weighted by Crippen LogP contribution is -2.07. The fourth-order valence-electron chi connectivity index (χ4n) is 1.71. The van der Waals surface area contributed by atoms with Crippen LogP contribution >= 0.6 is 11.8 Å². The number of anilines is 1. The Bertz CT molecular complexity index is 526. The largest absolute Gasteiger partial charge is 0.468 e. The summed E-state index contributed by atoms with van der Waals surface area (Å²) < 4.78 is 5.35. The number of furan rings is 1. The molecule has 0 fully saturated rings. The van der Waals surface area contributed by atoms with Crippen LogP contribution in [0.25, 0.3) is 0 Å². The van der Waals surface area contributed by atoms with E-state index in [2.05, 4.69) is 36.1 Å². The first-order chi connectivity index (χ1) is 9.24. The van der Waals surface area contributed by atoms with Gasteiger partial charge in [0.15, 0.2) is 0 Å². The van der Waals surface area contributed by atoms with E-state index in [1.165, 1.54) is 0 Å². The van der Waals surface area contributed by atoms with E-state index in [1.54, 1.807) is 18.0 Å². The minimum Gasteiger partial charge on any atom is -0.468 e. The van der Waals surface area contributed by atoms with Gasteiger partial charge in [-0.05, 0) is 26.0 Å². The number of thioether (sulfide) groups is 1. The molecule has 0 unspecified atom stereocenters. The van der Waals surface area contributed by atoms with Gasteiger partial charge in [0.25, 0.3) is 0 Å². The summed E-state index contributed by atoms with van der Waals surface area (Å²) in [6, 6.07) is 3.89. The molecule has 0 aliphatic carbocycles. The molecule has 0 aliphatic rings. The molecule has 2 rings (SSSR count). The molecule has 102 valence electrons. The standard InChI is InChI=1S/C14H19N3OS/c1-4-12-16-13(15-5-2)10(3)14(17-12)19-9-11-7-6-8-18-11/h6-8H,4-5,9H2,1-3H3,(H,15,16,17). The van der Waals surface area contributed by atoms with Crippen molar-refractivity contribution in [1.29, 1.82) is 0 Å². The summed E-state index contributed by atoms with van der Waals surface area (Å²) in [5.74, 6) is 3.57. The molecule has 0 aliphatic heterocycles. The highest BCUT2D eigenvalue weighted by molar-refractivity contribution is 7.98. The van der Waals surface area contributed by atoms with E-state index in [0.717, 1.165) is 46.7 Å². The maximum atomic E-state index is 5.35. The van der Waals surface area contributed by atoms with Crippen molar-refractivity contribution >= 4 is 17.6 Å². The zero-order valence-electron chi connectivity index (χ0n) is 11.6. The van der Waals surface area contributed by atoms with Crippen LogP contribution in [0.1, 0.15) is 31.0 Å². The summed E-state index contributed by atoms with van der Waals surface area (Å²) in [6.45, 7) is 7.06. The van der Waals surface area contributed by atoms with Crippen LogP contribution in [0, 0.1) is 6.92 Å². The average molecular weight is 277 g/mol. The van der Waals surface area contributed by atoms with Crippen LogP contribution in [-0.4, -0.2) is 16.5 Å². The van der Waals surface area contributed by atoms with E-state index in [-0.39, 0.29) is 0 Å². The first kappa shape index (κ1) is 13.9. The minimum atomic E-state index is 0.791. The molecular formula is C14H19N3OS. The molecule has 0 saturated carbocycles. The molecule has 19 heavy (non-hydrogen) atoms. The second kappa shape index (κ2) is 6.61. The summed E-state index contributed by atoms with van der Waals surface area (Å²) in [5, 5.41) is 4.32. The van der Waals surface area contributed by atoms with E-state index in [0.29, 0.717) is 0 Å². The van der Waals surface area contributed by atoms with Gasteiger partial charge in [-0.3, -0.25) is 0 Å². The SMILES string of the molecule is CCNc1nc(CC)nc(SCc2ccco2)c1C. The van der Waals surface area contributed by atoms with Crippen LogP contribution in [0.15, 0.2) is 27.8 Å². The van der Waals surface area contributed by atoms with Crippen LogP contribution < -0.4 is 5.32 Å². The van der Waals surface area contributed by atoms with E-state index in [9.17, 15) is 0 Å². The quantitative estimate of drug-likeness (QED) is 0.645. The number of rotatable bonds is 6. The average Bonchev–Trinajstić information content (AvgIpc) is 2.93. The van der Waals surface area contributed by atoms with E-state index < -0.39 is 0 Å². The third kappa shape index (κ3) is 3.50. The van der Waals surface area contributed by atoms with Crippen LogP contribution in [0.2, 0.25) is 0 Å². The monoisotopic (exact) mass is 277 g/mol. The molecule has 0 radical (unpaired) electrons. The molecule has 0 aromatic carbocycles. The van der Waals surface area contributed by atoms with E-state index in [4.69, 9.17) is 4.42 Å². The third-order valence-corrected chi connectivity index (χ3v) is 3.84. The van der Waals surface area contributed by atoms with Crippen molar-refractivity contribution in [3.8, 4) is 0 Å². The topological polar surface area (TPSA) is 51.0 Å². The van der Waals surface area contributed by atoms with Gasteiger partial charge in [0, 0.05) is 18.5 Å². The highest BCUT2D eigenvalue weighted by atomic mass is 32.2. The second-order valence-electron chi connectivity index (χ2n) is 4.17. The smallest absolute Gasteiger partial charge is 0.133 e. The number of nitrogens with one attached hydrogen (secondary N) is 1. The van der Waals surface area contributed by atoms with Crippen molar-refractivity contribution in [2.45, 2.75) is 38.0 Å². The van der Waals surface area contributed by atoms with Gasteiger partial charge in [0.05, 0.1) is 12.0 Å². The van der Waals surface area contributed by atoms with Crippen molar-refractivity contribution in [3.05, 3.63) is 35.5 Å². The summed E-state index contributed by atoms with van der Waals surface area (Å²) in [4.78, 5) is 9.13. The molecule has 0 amide bonds. The summed E-state index contributed by atoms with van der Waals surface area (Å²) in [6.07, 6.45) is 2.54. The zero-order valence-corrected chi connectivity index (χ0v) is 12.4. The number of aromatic nitrogens is 2. The van der Waals surface area contributed by atoms with Crippen molar-refractivity contribution in [3.63, 3.8) is 0 Å². The Morgan fingerprint density at radius 3 is 2.79 bits per heavy atom. The van der Waals surface area contributed by atoms with E-state index in [1.807, 2.05) is 12.1 Å². The second-order valence-corrected chi connectivity index (χ2v) is 5.13. The lowest BCUT2D eigenvalue weighted by molar-refractivity contribution is 0.530. The Morgan fingerprint density at radius 1 is 1.32 bits per heavy atom. The lowest BCUT2D eigenvalue weighted by atomic mass is 10.3. The van der Waals surface area contributed by atoms with Gasteiger partial charge in [-0.2, -0.15) is 0 Å². The fourth-order valence-corrected chi connectivity index (χ4v) is 2.64. The molecule has 0 atom stereocenters. The highest BCUT2D eigenvalue weighted by Crippen LogP contribution is 2.28. The number of aryl methyl sites for hydroxylation is 1.